The molecule has 0 aromatic heterocycles. The molecular formula is C17H20F2N2OS. The summed E-state index contributed by atoms with van der Waals surface area (Å²) in [5.74, 6) is -2.78. The van der Waals surface area contributed by atoms with Gasteiger partial charge in [0.1, 0.15) is 6.04 Å². The summed E-state index contributed by atoms with van der Waals surface area (Å²) in [6.07, 6.45) is 1.54. The summed E-state index contributed by atoms with van der Waals surface area (Å²) in [5.41, 5.74) is 0.158. The zero-order valence-corrected chi connectivity index (χ0v) is 13.8. The number of aryl methyl sites for hydroxylation is 1. The minimum Gasteiger partial charge on any atom is -0.593 e. The van der Waals surface area contributed by atoms with Crippen molar-refractivity contribution in [1.82, 2.24) is 4.72 Å². The topological polar surface area (TPSA) is 58.9 Å². The van der Waals surface area contributed by atoms with Crippen molar-refractivity contribution in [2.45, 2.75) is 55.9 Å². The maximum atomic E-state index is 14.0. The van der Waals surface area contributed by atoms with Crippen LogP contribution in [0.5, 0.6) is 0 Å². The molecule has 1 spiro atoms. The van der Waals surface area contributed by atoms with Crippen molar-refractivity contribution in [3.8, 4) is 6.07 Å². The first-order chi connectivity index (χ1) is 10.9. The van der Waals surface area contributed by atoms with Crippen LogP contribution in [0, 0.1) is 29.6 Å². The van der Waals surface area contributed by atoms with E-state index < -0.39 is 28.7 Å². The number of alkyl halides is 2. The maximum Gasteiger partial charge on any atom is 0.253 e. The van der Waals surface area contributed by atoms with E-state index in [1.54, 1.807) is 12.1 Å². The van der Waals surface area contributed by atoms with Crippen LogP contribution in [-0.2, 0) is 11.4 Å². The van der Waals surface area contributed by atoms with Gasteiger partial charge in [0.2, 0.25) is 0 Å². The molecule has 1 aromatic carbocycles. The van der Waals surface area contributed by atoms with E-state index in [1.807, 2.05) is 19.1 Å². The molecule has 3 atom stereocenters. The molecule has 2 unspecified atom stereocenters. The first-order valence-electron chi connectivity index (χ1n) is 7.89. The highest BCUT2D eigenvalue weighted by Gasteiger charge is 2.64. The molecule has 2 fully saturated rings. The first kappa shape index (κ1) is 16.7. The van der Waals surface area contributed by atoms with Crippen LogP contribution in [-0.4, -0.2) is 16.5 Å². The van der Waals surface area contributed by atoms with Crippen LogP contribution in [0.15, 0.2) is 29.2 Å². The van der Waals surface area contributed by atoms with Crippen LogP contribution in [0.4, 0.5) is 8.78 Å². The first-order valence-corrected chi connectivity index (χ1v) is 9.04. The Bertz CT molecular complexity index is 610. The number of benzene rings is 1. The average molecular weight is 338 g/mol. The number of rotatable bonds is 4. The third-order valence-corrected chi connectivity index (χ3v) is 6.36. The fourth-order valence-corrected chi connectivity index (χ4v) is 4.46. The third-order valence-electron chi connectivity index (χ3n) is 5.19. The molecule has 0 saturated heterocycles. The van der Waals surface area contributed by atoms with Gasteiger partial charge in [-0.1, -0.05) is 17.7 Å². The number of nitrogens with zero attached hydrogens (tertiary/aromatic N) is 1. The van der Waals surface area contributed by atoms with Gasteiger partial charge in [0.25, 0.3) is 5.92 Å². The second kappa shape index (κ2) is 6.04. The lowest BCUT2D eigenvalue weighted by molar-refractivity contribution is -0.114. The van der Waals surface area contributed by atoms with Crippen molar-refractivity contribution in [3.63, 3.8) is 0 Å². The predicted molar refractivity (Wildman–Crippen MR) is 84.1 cm³/mol. The summed E-state index contributed by atoms with van der Waals surface area (Å²) < 4.78 is 43.2. The van der Waals surface area contributed by atoms with Crippen LogP contribution in [0.1, 0.15) is 37.7 Å². The van der Waals surface area contributed by atoms with Crippen LogP contribution in [0.25, 0.3) is 0 Å². The normalized spacial score (nSPS) is 27.2. The van der Waals surface area contributed by atoms with Crippen LogP contribution in [0.3, 0.4) is 0 Å². The van der Waals surface area contributed by atoms with Gasteiger partial charge in [-0.15, -0.1) is 4.72 Å². The molecule has 6 heteroatoms. The molecule has 0 heterocycles. The Morgan fingerprint density at radius 3 is 2.52 bits per heavy atom. The van der Waals surface area contributed by atoms with E-state index in [0.717, 1.165) is 5.56 Å². The van der Waals surface area contributed by atoms with Crippen LogP contribution >= 0.6 is 0 Å². The van der Waals surface area contributed by atoms with Crippen LogP contribution < -0.4 is 4.72 Å². The van der Waals surface area contributed by atoms with E-state index in [2.05, 4.69) is 10.8 Å². The van der Waals surface area contributed by atoms with Crippen molar-refractivity contribution in [3.05, 3.63) is 29.8 Å². The summed E-state index contributed by atoms with van der Waals surface area (Å²) in [6.45, 7) is 1.94. The summed E-state index contributed by atoms with van der Waals surface area (Å²) in [5, 5.41) is 9.40. The molecule has 3 nitrogen and oxygen atoms in total. The molecule has 0 aliphatic heterocycles. The fraction of sp³-hybridized carbons (Fsp3) is 0.588. The van der Waals surface area contributed by atoms with E-state index in [1.165, 1.54) is 0 Å². The Balaban J connectivity index is 1.67. The zero-order chi connectivity index (χ0) is 16.7. The highest BCUT2D eigenvalue weighted by atomic mass is 32.2. The third kappa shape index (κ3) is 3.23. The van der Waals surface area contributed by atoms with Gasteiger partial charge < -0.3 is 4.55 Å². The Morgan fingerprint density at radius 1 is 1.30 bits per heavy atom. The molecular weight excluding hydrogens is 318 g/mol. The fourth-order valence-electron chi connectivity index (χ4n) is 3.46. The van der Waals surface area contributed by atoms with Gasteiger partial charge in [0.05, 0.1) is 17.4 Å². The summed E-state index contributed by atoms with van der Waals surface area (Å²) >= 11 is -1.51. The van der Waals surface area contributed by atoms with E-state index in [0.29, 0.717) is 30.6 Å². The second-order valence-electron chi connectivity index (χ2n) is 6.79. The van der Waals surface area contributed by atoms with E-state index in [-0.39, 0.29) is 12.3 Å². The summed E-state index contributed by atoms with van der Waals surface area (Å²) in [7, 11) is 0. The lowest BCUT2D eigenvalue weighted by atomic mass is 9.74. The molecule has 3 rings (SSSR count). The van der Waals surface area contributed by atoms with E-state index >= 15 is 0 Å². The van der Waals surface area contributed by atoms with Crippen molar-refractivity contribution < 1.29 is 13.3 Å². The Morgan fingerprint density at radius 2 is 1.96 bits per heavy atom. The van der Waals surface area contributed by atoms with Gasteiger partial charge in [-0.3, -0.25) is 0 Å². The van der Waals surface area contributed by atoms with Gasteiger partial charge in [-0.05, 0) is 50.7 Å². The zero-order valence-electron chi connectivity index (χ0n) is 13.0. The Kier molecular flexibility index (Phi) is 4.39. The number of hydrogen-bond acceptors (Lipinski definition) is 3. The van der Waals surface area contributed by atoms with Gasteiger partial charge in [0, 0.05) is 11.8 Å². The Hall–Kier alpha value is -1.16. The summed E-state index contributed by atoms with van der Waals surface area (Å²) in [4.78, 5) is 0.595. The second-order valence-corrected chi connectivity index (χ2v) is 8.04. The van der Waals surface area contributed by atoms with Gasteiger partial charge in [0.15, 0.2) is 4.90 Å². The SMILES string of the molecule is Cc1ccc([S+]([O-])N[C@H](C#N)C2CCC(F)(F)C3(CC3)C2)cc1. The number of halogens is 2. The highest BCUT2D eigenvalue weighted by molar-refractivity contribution is 7.89. The maximum absolute atomic E-state index is 14.0. The lowest BCUT2D eigenvalue weighted by Crippen LogP contribution is -2.46. The van der Waals surface area contributed by atoms with Crippen molar-refractivity contribution >= 4 is 11.4 Å². The van der Waals surface area contributed by atoms with Gasteiger partial charge >= 0.3 is 0 Å². The summed E-state index contributed by atoms with van der Waals surface area (Å²) in [6, 6.07) is 8.69. The molecule has 0 amide bonds. The molecule has 1 N–H and O–H groups in total. The van der Waals surface area contributed by atoms with Crippen molar-refractivity contribution in [2.75, 3.05) is 0 Å². The van der Waals surface area contributed by atoms with E-state index in [9.17, 15) is 18.6 Å². The number of nitrogens with one attached hydrogen (secondary N) is 1. The molecule has 2 saturated carbocycles. The molecule has 0 radical (unpaired) electrons. The molecule has 0 bridgehead atoms. The molecule has 124 valence electrons. The molecule has 2 aliphatic carbocycles. The van der Waals surface area contributed by atoms with Crippen molar-refractivity contribution in [1.29, 1.82) is 5.26 Å². The predicted octanol–water partition coefficient (Wildman–Crippen LogP) is 3.72. The van der Waals surface area contributed by atoms with Gasteiger partial charge in [-0.25, -0.2) is 8.78 Å². The van der Waals surface area contributed by atoms with Gasteiger partial charge in [-0.2, -0.15) is 5.26 Å². The molecule has 2 aliphatic rings. The Labute approximate surface area is 138 Å². The van der Waals surface area contributed by atoms with Crippen molar-refractivity contribution in [2.24, 2.45) is 11.3 Å². The quantitative estimate of drug-likeness (QED) is 0.851. The van der Waals surface area contributed by atoms with Crippen LogP contribution in [0.2, 0.25) is 0 Å². The van der Waals surface area contributed by atoms with E-state index in [4.69, 9.17) is 0 Å². The standard InChI is InChI=1S/C17H20F2N2OS/c1-12-2-4-14(5-3-12)23(22)21-15(11-20)13-6-7-17(18,19)16(10-13)8-9-16/h2-5,13,15,21H,6-10H2,1H3/t13?,15-,23?/m1/s1. The smallest absolute Gasteiger partial charge is 0.253 e. The lowest BCUT2D eigenvalue weighted by Gasteiger charge is -2.37. The molecule has 23 heavy (non-hydrogen) atoms. The average Bonchev–Trinajstić information content (AvgIpc) is 3.30. The minimum atomic E-state index is -2.61. The minimum absolute atomic E-state index is 0.170. The number of nitriles is 1. The largest absolute Gasteiger partial charge is 0.593 e. The monoisotopic (exact) mass is 338 g/mol. The number of hydrogen-bond donors (Lipinski definition) is 1. The molecule has 1 aromatic rings. The highest BCUT2D eigenvalue weighted by Crippen LogP contribution is 2.65.